The molecule has 0 amide bonds. The van der Waals surface area contributed by atoms with E-state index in [2.05, 4.69) is 4.90 Å². The van der Waals surface area contributed by atoms with Gasteiger partial charge in [0.25, 0.3) is 5.03 Å². The first kappa shape index (κ1) is 22.3. The van der Waals surface area contributed by atoms with Gasteiger partial charge in [0.05, 0.1) is 18.2 Å². The zero-order chi connectivity index (χ0) is 21.8. The number of allylic oxidation sites excluding steroid dienone is 3. The van der Waals surface area contributed by atoms with Crippen LogP contribution in [-0.4, -0.2) is 58.1 Å². The van der Waals surface area contributed by atoms with Crippen LogP contribution in [0.4, 0.5) is 0 Å². The molecule has 0 aromatic heterocycles. The molecule has 1 saturated heterocycles. The number of fused-ring (bicyclic) bond motifs is 1. The predicted octanol–water partition coefficient (Wildman–Crippen LogP) is 2.62. The molecule has 162 valence electrons. The normalized spacial score (nSPS) is 22.4. The summed E-state index contributed by atoms with van der Waals surface area (Å²) in [5.41, 5.74) is 0.740. The maximum absolute atomic E-state index is 13.6. The van der Waals surface area contributed by atoms with Crippen molar-refractivity contribution in [1.82, 2.24) is 4.90 Å². The van der Waals surface area contributed by atoms with Crippen LogP contribution in [0.1, 0.15) is 27.7 Å². The molecule has 0 N–H and O–H groups in total. The number of hydrogen-bond donors (Lipinski definition) is 0. The largest absolute Gasteiger partial charge is 0.462 e. The third-order valence-corrected chi connectivity index (χ3v) is 7.37. The smallest absolute Gasteiger partial charge is 0.353 e. The van der Waals surface area contributed by atoms with Gasteiger partial charge < -0.3 is 14.4 Å². The molecule has 2 heterocycles. The van der Waals surface area contributed by atoms with Crippen molar-refractivity contribution in [3.63, 3.8) is 0 Å². The third kappa shape index (κ3) is 3.96. The molecule has 0 aromatic rings. The van der Waals surface area contributed by atoms with Crippen molar-refractivity contribution in [2.75, 3.05) is 26.3 Å². The molecule has 0 radical (unpaired) electrons. The van der Waals surface area contributed by atoms with Crippen LogP contribution in [0.15, 0.2) is 44.5 Å². The summed E-state index contributed by atoms with van der Waals surface area (Å²) < 4.78 is 25.4. The van der Waals surface area contributed by atoms with E-state index < -0.39 is 22.7 Å². The summed E-state index contributed by atoms with van der Waals surface area (Å²) >= 11 is 1.53. The number of rotatable bonds is 6. The monoisotopic (exact) mass is 449 g/mol. The lowest BCUT2D eigenvalue weighted by molar-refractivity contribution is -0.453. The fourth-order valence-electron chi connectivity index (χ4n) is 3.26. The van der Waals surface area contributed by atoms with Gasteiger partial charge in [0.1, 0.15) is 11.4 Å². The Labute approximate surface area is 183 Å². The molecule has 0 aromatic carbocycles. The molecule has 1 aliphatic carbocycles. The molecular weight excluding hydrogens is 424 g/mol. The Balaban J connectivity index is 2.15. The van der Waals surface area contributed by atoms with E-state index >= 15 is 0 Å². The SMILES string of the molecule is CCOC(=O)C(C(=O)OCC)=C1[N+](CC)=CC(=C2S[C-]3C=C[CH-]C=C3N2CC)S1=O. The first-order valence-corrected chi connectivity index (χ1v) is 11.8. The fourth-order valence-corrected chi connectivity index (χ4v) is 6.19. The van der Waals surface area contributed by atoms with Crippen molar-refractivity contribution < 1.29 is 27.8 Å². The Hall–Kier alpha value is -2.39. The molecule has 7 nitrogen and oxygen atoms in total. The topological polar surface area (TPSA) is 75.9 Å². The second-order valence-electron chi connectivity index (χ2n) is 6.29. The quantitative estimate of drug-likeness (QED) is 0.154. The van der Waals surface area contributed by atoms with Crippen LogP contribution in [0.25, 0.3) is 0 Å². The van der Waals surface area contributed by atoms with Gasteiger partial charge in [0.15, 0.2) is 17.0 Å². The van der Waals surface area contributed by atoms with Crippen molar-refractivity contribution in [2.24, 2.45) is 0 Å². The first-order chi connectivity index (χ1) is 14.5. The van der Waals surface area contributed by atoms with Gasteiger partial charge in [-0.15, -0.1) is 0 Å². The molecule has 1 unspecified atom stereocenters. The molecule has 0 saturated carbocycles. The summed E-state index contributed by atoms with van der Waals surface area (Å²) in [6, 6.07) is 0. The van der Waals surface area contributed by atoms with Crippen LogP contribution in [0, 0.1) is 11.7 Å². The number of ether oxygens (including phenoxy) is 2. The van der Waals surface area contributed by atoms with Gasteiger partial charge in [-0.05, 0) is 27.7 Å². The number of carbonyl (C=O) groups excluding carboxylic acids is 2. The van der Waals surface area contributed by atoms with Crippen LogP contribution >= 0.6 is 11.8 Å². The lowest BCUT2D eigenvalue weighted by Crippen LogP contribution is -2.24. The van der Waals surface area contributed by atoms with Gasteiger partial charge in [-0.2, -0.15) is 27.3 Å². The highest BCUT2D eigenvalue weighted by Gasteiger charge is 2.44. The lowest BCUT2D eigenvalue weighted by atomic mass is 10.1. The van der Waals surface area contributed by atoms with Crippen molar-refractivity contribution in [3.05, 3.63) is 56.1 Å². The number of nitrogens with zero attached hydrogens (tertiary/aromatic N) is 2. The molecule has 30 heavy (non-hydrogen) atoms. The van der Waals surface area contributed by atoms with Crippen LogP contribution in [0.5, 0.6) is 0 Å². The molecular formula is C21H25N2O5S2-. The van der Waals surface area contributed by atoms with Crippen LogP contribution in [0.2, 0.25) is 0 Å². The van der Waals surface area contributed by atoms with Crippen LogP contribution in [0.3, 0.4) is 0 Å². The molecule has 0 bridgehead atoms. The summed E-state index contributed by atoms with van der Waals surface area (Å²) in [6.45, 7) is 8.52. The summed E-state index contributed by atoms with van der Waals surface area (Å²) in [7, 11) is -1.74. The number of carbonyl (C=O) groups is 2. The van der Waals surface area contributed by atoms with Crippen molar-refractivity contribution in [1.29, 1.82) is 0 Å². The molecule has 3 aliphatic rings. The van der Waals surface area contributed by atoms with E-state index in [-0.39, 0.29) is 23.8 Å². The maximum atomic E-state index is 13.6. The zero-order valence-corrected chi connectivity index (χ0v) is 19.1. The summed E-state index contributed by atoms with van der Waals surface area (Å²) in [6.07, 6.45) is 9.72. The van der Waals surface area contributed by atoms with Crippen LogP contribution < -0.4 is 0 Å². The number of thioether (sulfide) groups is 1. The average molecular weight is 450 g/mol. The minimum absolute atomic E-state index is 0.0974. The summed E-state index contributed by atoms with van der Waals surface area (Å²) in [4.78, 5) is 27.8. The van der Waals surface area contributed by atoms with Crippen molar-refractivity contribution in [2.45, 2.75) is 27.7 Å². The second kappa shape index (κ2) is 9.61. The van der Waals surface area contributed by atoms with Gasteiger partial charge >= 0.3 is 11.9 Å². The Kier molecular flexibility index (Phi) is 7.14. The molecule has 1 fully saturated rings. The summed E-state index contributed by atoms with van der Waals surface area (Å²) in [5.74, 6) is -1.65. The maximum Gasteiger partial charge on any atom is 0.353 e. The Morgan fingerprint density at radius 2 is 1.87 bits per heavy atom. The Bertz CT molecular complexity index is 910. The van der Waals surface area contributed by atoms with Gasteiger partial charge in [0.2, 0.25) is 5.57 Å². The van der Waals surface area contributed by atoms with E-state index in [1.807, 2.05) is 38.5 Å². The van der Waals surface area contributed by atoms with Crippen molar-refractivity contribution >= 4 is 40.7 Å². The Morgan fingerprint density at radius 1 is 1.20 bits per heavy atom. The third-order valence-electron chi connectivity index (χ3n) is 4.56. The van der Waals surface area contributed by atoms with E-state index in [9.17, 15) is 13.8 Å². The minimum Gasteiger partial charge on any atom is -0.462 e. The van der Waals surface area contributed by atoms with Crippen molar-refractivity contribution in [3.8, 4) is 0 Å². The standard InChI is InChI=1S/C21H25N2O5S2/c1-5-22-13-16(18-23(6-2)14-11-9-10-12-15(14)29-18)30(26)19(22)17(20(24)27-7-3)21(25)28-8-4/h9-13H,5-8H2,1-4H3/q-1. The Morgan fingerprint density at radius 3 is 2.43 bits per heavy atom. The molecule has 0 spiro atoms. The number of esters is 2. The minimum atomic E-state index is -1.74. The average Bonchev–Trinajstić information content (AvgIpc) is 3.26. The van der Waals surface area contributed by atoms with E-state index in [1.54, 1.807) is 24.6 Å². The molecule has 9 heteroatoms. The predicted molar refractivity (Wildman–Crippen MR) is 117 cm³/mol. The highest BCUT2D eigenvalue weighted by atomic mass is 32.2. The number of hydrogen-bond acceptors (Lipinski definition) is 7. The van der Waals surface area contributed by atoms with Gasteiger partial charge in [-0.3, -0.25) is 24.6 Å². The lowest BCUT2D eigenvalue weighted by Gasteiger charge is -2.34. The van der Waals surface area contributed by atoms with E-state index in [0.29, 0.717) is 18.0 Å². The second-order valence-corrected chi connectivity index (χ2v) is 8.68. The van der Waals surface area contributed by atoms with E-state index in [4.69, 9.17) is 9.47 Å². The van der Waals surface area contributed by atoms with E-state index in [1.165, 1.54) is 11.8 Å². The first-order valence-electron chi connectivity index (χ1n) is 9.88. The highest BCUT2D eigenvalue weighted by molar-refractivity contribution is 8.07. The van der Waals surface area contributed by atoms with Gasteiger partial charge in [-0.25, -0.2) is 13.8 Å². The highest BCUT2D eigenvalue weighted by Crippen LogP contribution is 2.51. The van der Waals surface area contributed by atoms with Gasteiger partial charge in [0, 0.05) is 6.54 Å². The summed E-state index contributed by atoms with van der Waals surface area (Å²) in [5, 5.41) is 2.02. The molecule has 1 atom stereocenters. The molecule has 3 rings (SSSR count). The van der Waals surface area contributed by atoms with Gasteiger partial charge in [-0.1, -0.05) is 0 Å². The molecule has 2 aliphatic heterocycles. The van der Waals surface area contributed by atoms with Crippen LogP contribution in [-0.2, 0) is 29.9 Å². The fraction of sp³-hybridized carbons (Fsp3) is 0.381. The van der Waals surface area contributed by atoms with E-state index in [0.717, 1.165) is 16.0 Å². The zero-order valence-electron chi connectivity index (χ0n) is 17.5.